The smallest absolute Gasteiger partial charge is 0.356 e. The molecule has 0 aromatic heterocycles. The number of hydrogen-bond donors (Lipinski definition) is 1. The summed E-state index contributed by atoms with van der Waals surface area (Å²) in [5.41, 5.74) is 2.99. The van der Waals surface area contributed by atoms with Crippen molar-refractivity contribution in [3.05, 3.63) is 35.4 Å². The average molecular weight is 508 g/mol. The maximum Gasteiger partial charge on any atom is 0.403 e. The van der Waals surface area contributed by atoms with Gasteiger partial charge in [-0.2, -0.15) is 13.2 Å². The largest absolute Gasteiger partial charge is 0.403 e. The van der Waals surface area contributed by atoms with Gasteiger partial charge in [0.05, 0.1) is 0 Å². The highest BCUT2D eigenvalue weighted by atomic mass is 127. The molecule has 28 heavy (non-hydrogen) atoms. The number of aliphatic imine (C=N–C) groups is 1. The predicted molar refractivity (Wildman–Crippen MR) is 115 cm³/mol. The second-order valence-corrected chi connectivity index (χ2v) is 7.93. The van der Waals surface area contributed by atoms with Crippen molar-refractivity contribution >= 4 is 29.9 Å². The summed E-state index contributed by atoms with van der Waals surface area (Å²) in [7, 11) is 1.75. The highest BCUT2D eigenvalue weighted by Crippen LogP contribution is 2.60. The van der Waals surface area contributed by atoms with Gasteiger partial charge in [-0.05, 0) is 42.2 Å². The van der Waals surface area contributed by atoms with E-state index in [1.54, 1.807) is 7.05 Å². The van der Waals surface area contributed by atoms with Crippen LogP contribution in [-0.4, -0.2) is 67.7 Å². The minimum absolute atomic E-state index is 0. The van der Waals surface area contributed by atoms with Gasteiger partial charge in [-0.1, -0.05) is 24.3 Å². The first-order chi connectivity index (χ1) is 12.9. The highest BCUT2D eigenvalue weighted by molar-refractivity contribution is 14.0. The molecular formula is C20H28F3IN4. The fraction of sp³-hybridized carbons (Fsp3) is 0.650. The summed E-state index contributed by atoms with van der Waals surface area (Å²) in [6.07, 6.45) is -3.00. The molecule has 8 heteroatoms. The monoisotopic (exact) mass is 508 g/mol. The molecule has 1 saturated carbocycles. The third kappa shape index (κ3) is 4.13. The molecule has 156 valence electrons. The van der Waals surface area contributed by atoms with Crippen LogP contribution in [-0.2, 0) is 6.42 Å². The zero-order valence-corrected chi connectivity index (χ0v) is 18.6. The van der Waals surface area contributed by atoms with Crippen molar-refractivity contribution < 1.29 is 13.2 Å². The lowest BCUT2D eigenvalue weighted by atomic mass is 10.0. The number of nitrogens with zero attached hydrogens (tertiary/aromatic N) is 3. The van der Waals surface area contributed by atoms with Gasteiger partial charge in [-0.3, -0.25) is 9.89 Å². The van der Waals surface area contributed by atoms with Gasteiger partial charge in [-0.25, -0.2) is 0 Å². The minimum Gasteiger partial charge on any atom is -0.356 e. The van der Waals surface area contributed by atoms with Crippen molar-refractivity contribution in [3.8, 4) is 0 Å². The second kappa shape index (κ2) is 8.38. The Hall–Kier alpha value is -1.03. The van der Waals surface area contributed by atoms with Crippen LogP contribution in [0.4, 0.5) is 13.2 Å². The molecule has 1 aromatic rings. The van der Waals surface area contributed by atoms with E-state index in [1.165, 1.54) is 29.4 Å². The second-order valence-electron chi connectivity index (χ2n) is 7.93. The number of halogens is 4. The van der Waals surface area contributed by atoms with Gasteiger partial charge in [-0.15, -0.1) is 24.0 Å². The van der Waals surface area contributed by atoms with Crippen molar-refractivity contribution in [2.24, 2.45) is 16.8 Å². The first-order valence-corrected chi connectivity index (χ1v) is 9.74. The third-order valence-corrected chi connectivity index (χ3v) is 6.54. The number of rotatable bonds is 3. The van der Waals surface area contributed by atoms with Crippen LogP contribution in [0.5, 0.6) is 0 Å². The van der Waals surface area contributed by atoms with E-state index in [0.717, 1.165) is 18.4 Å². The zero-order chi connectivity index (χ0) is 19.2. The molecule has 0 spiro atoms. The molecule has 1 N–H and O–H groups in total. The van der Waals surface area contributed by atoms with Gasteiger partial charge in [0, 0.05) is 39.8 Å². The lowest BCUT2D eigenvalue weighted by molar-refractivity contribution is -0.181. The Morgan fingerprint density at radius 1 is 1.21 bits per heavy atom. The number of piperazine rings is 1. The molecule has 3 aliphatic rings. The van der Waals surface area contributed by atoms with Crippen LogP contribution in [0.1, 0.15) is 24.0 Å². The summed E-state index contributed by atoms with van der Waals surface area (Å²) >= 11 is 0. The highest BCUT2D eigenvalue weighted by Gasteiger charge is 2.55. The predicted octanol–water partition coefficient (Wildman–Crippen LogP) is 3.33. The topological polar surface area (TPSA) is 30.9 Å². The van der Waals surface area contributed by atoms with Crippen molar-refractivity contribution in [1.29, 1.82) is 0 Å². The van der Waals surface area contributed by atoms with Gasteiger partial charge in [0.1, 0.15) is 6.04 Å². The summed E-state index contributed by atoms with van der Waals surface area (Å²) in [6, 6.07) is 7.31. The van der Waals surface area contributed by atoms with Crippen LogP contribution >= 0.6 is 24.0 Å². The standard InChI is InChI=1S/C20H27F3N4.HI/c1-13(20(21,22)23)26-7-9-27(10-8-26)19(24-2)25-12-17-16-11-14-5-3-4-6-15(14)18(16)17;/h3-6,13,16-18H,7-12H2,1-2H3,(H,24,25);1H. The quantitative estimate of drug-likeness (QED) is 0.386. The van der Waals surface area contributed by atoms with Crippen molar-refractivity contribution in [2.45, 2.75) is 31.5 Å². The molecule has 4 nitrogen and oxygen atoms in total. The van der Waals surface area contributed by atoms with Gasteiger partial charge in [0.2, 0.25) is 0 Å². The number of alkyl halides is 3. The number of nitrogens with one attached hydrogen (secondary N) is 1. The van der Waals surface area contributed by atoms with Crippen LogP contribution < -0.4 is 5.32 Å². The van der Waals surface area contributed by atoms with E-state index in [-0.39, 0.29) is 24.0 Å². The van der Waals surface area contributed by atoms with E-state index in [0.29, 0.717) is 38.0 Å². The van der Waals surface area contributed by atoms with Crippen molar-refractivity contribution in [1.82, 2.24) is 15.1 Å². The summed E-state index contributed by atoms with van der Waals surface area (Å²) in [4.78, 5) is 7.94. The molecule has 4 atom stereocenters. The first-order valence-electron chi connectivity index (χ1n) is 9.74. The number of guanidine groups is 1. The van der Waals surface area contributed by atoms with Gasteiger partial charge in [0.15, 0.2) is 5.96 Å². The Morgan fingerprint density at radius 2 is 1.89 bits per heavy atom. The fourth-order valence-corrected chi connectivity index (χ4v) is 4.83. The van der Waals surface area contributed by atoms with E-state index in [4.69, 9.17) is 0 Å². The summed E-state index contributed by atoms with van der Waals surface area (Å²) in [5.74, 6) is 2.85. The zero-order valence-electron chi connectivity index (χ0n) is 16.2. The van der Waals surface area contributed by atoms with Gasteiger partial charge in [0.25, 0.3) is 0 Å². The maximum atomic E-state index is 12.9. The van der Waals surface area contributed by atoms with E-state index in [9.17, 15) is 13.2 Å². The van der Waals surface area contributed by atoms with Crippen LogP contribution in [0.25, 0.3) is 0 Å². The molecule has 0 bridgehead atoms. The van der Waals surface area contributed by atoms with E-state index in [2.05, 4.69) is 39.5 Å². The number of fused-ring (bicyclic) bond motifs is 3. The van der Waals surface area contributed by atoms with Crippen LogP contribution in [0.3, 0.4) is 0 Å². The lowest BCUT2D eigenvalue weighted by Gasteiger charge is -2.39. The number of hydrogen-bond acceptors (Lipinski definition) is 2. The molecule has 1 saturated heterocycles. The molecule has 2 fully saturated rings. The molecule has 1 aliphatic heterocycles. The van der Waals surface area contributed by atoms with Crippen LogP contribution in [0, 0.1) is 11.8 Å². The van der Waals surface area contributed by atoms with Crippen LogP contribution in [0.15, 0.2) is 29.3 Å². The fourth-order valence-electron chi connectivity index (χ4n) is 4.83. The first kappa shape index (κ1) is 21.7. The van der Waals surface area contributed by atoms with E-state index in [1.807, 2.05) is 0 Å². The Labute approximate surface area is 181 Å². The Balaban J connectivity index is 0.00000225. The SMILES string of the molecule is CN=C(NCC1C2Cc3ccccc3C12)N1CCN(C(C)C(F)(F)F)CC1.I. The minimum atomic E-state index is -4.16. The summed E-state index contributed by atoms with van der Waals surface area (Å²) in [6.45, 7) is 4.08. The van der Waals surface area contributed by atoms with Crippen LogP contribution in [0.2, 0.25) is 0 Å². The van der Waals surface area contributed by atoms with Crippen molar-refractivity contribution in [3.63, 3.8) is 0 Å². The third-order valence-electron chi connectivity index (χ3n) is 6.54. The maximum absolute atomic E-state index is 12.9. The van der Waals surface area contributed by atoms with Crippen molar-refractivity contribution in [2.75, 3.05) is 39.8 Å². The molecule has 4 unspecified atom stereocenters. The van der Waals surface area contributed by atoms with Gasteiger partial charge < -0.3 is 10.2 Å². The molecule has 2 aliphatic carbocycles. The number of benzene rings is 1. The van der Waals surface area contributed by atoms with E-state index < -0.39 is 12.2 Å². The Morgan fingerprint density at radius 3 is 2.54 bits per heavy atom. The lowest BCUT2D eigenvalue weighted by Crippen LogP contribution is -2.56. The molecule has 0 radical (unpaired) electrons. The Bertz CT molecular complexity index is 716. The molecular weight excluding hydrogens is 480 g/mol. The normalized spacial score (nSPS) is 28.2. The summed E-state index contributed by atoms with van der Waals surface area (Å²) < 4.78 is 38.7. The molecule has 0 amide bonds. The Kier molecular flexibility index (Phi) is 6.48. The van der Waals surface area contributed by atoms with E-state index >= 15 is 0 Å². The molecule has 1 aromatic carbocycles. The average Bonchev–Trinajstić information content (AvgIpc) is 3.19. The van der Waals surface area contributed by atoms with Gasteiger partial charge >= 0.3 is 6.18 Å². The molecule has 4 rings (SSSR count). The molecule has 1 heterocycles. The summed E-state index contributed by atoms with van der Waals surface area (Å²) in [5, 5.41) is 3.47.